The fourth-order valence-corrected chi connectivity index (χ4v) is 2.21. The van der Waals surface area contributed by atoms with Crippen molar-refractivity contribution < 1.29 is 9.53 Å². The van der Waals surface area contributed by atoms with Crippen LogP contribution in [0, 0.1) is 5.41 Å². The molecule has 15 heavy (non-hydrogen) atoms. The molecule has 4 nitrogen and oxygen atoms in total. The number of nitrogens with zero attached hydrogens (tertiary/aromatic N) is 2. The molecule has 4 heteroatoms. The lowest BCUT2D eigenvalue weighted by Gasteiger charge is -2.23. The van der Waals surface area contributed by atoms with Crippen LogP contribution in [-0.2, 0) is 13.0 Å². The van der Waals surface area contributed by atoms with Crippen LogP contribution in [0.3, 0.4) is 0 Å². The molecular weight excluding hydrogens is 192 g/mol. The third-order valence-corrected chi connectivity index (χ3v) is 3.43. The highest BCUT2D eigenvalue weighted by Gasteiger charge is 2.47. The zero-order valence-electron chi connectivity index (χ0n) is 8.82. The molecule has 1 aromatic heterocycles. The molecule has 0 amide bonds. The second-order valence-electron chi connectivity index (χ2n) is 4.58. The second-order valence-corrected chi connectivity index (χ2v) is 4.58. The van der Waals surface area contributed by atoms with Crippen molar-refractivity contribution >= 4 is 6.29 Å². The minimum Gasteiger partial charge on any atom is -0.477 e. The van der Waals surface area contributed by atoms with Crippen molar-refractivity contribution in [1.29, 1.82) is 0 Å². The second kappa shape index (κ2) is 2.84. The summed E-state index contributed by atoms with van der Waals surface area (Å²) in [5.74, 6) is 0.680. The van der Waals surface area contributed by atoms with E-state index in [4.69, 9.17) is 4.74 Å². The Morgan fingerprint density at radius 3 is 3.00 bits per heavy atom. The molecule has 1 saturated carbocycles. The fourth-order valence-electron chi connectivity index (χ4n) is 2.21. The molecule has 0 atom stereocenters. The van der Waals surface area contributed by atoms with E-state index in [1.54, 1.807) is 0 Å². The van der Waals surface area contributed by atoms with Crippen LogP contribution in [0.4, 0.5) is 0 Å². The highest BCUT2D eigenvalue weighted by Crippen LogP contribution is 2.50. The lowest BCUT2D eigenvalue weighted by Crippen LogP contribution is -2.27. The van der Waals surface area contributed by atoms with Crippen molar-refractivity contribution in [1.82, 2.24) is 9.78 Å². The molecule has 80 valence electrons. The number of aldehydes is 1. The van der Waals surface area contributed by atoms with Crippen molar-refractivity contribution in [2.75, 3.05) is 6.61 Å². The molecule has 3 rings (SSSR count). The molecule has 1 aliphatic heterocycles. The number of hydrogen-bond acceptors (Lipinski definition) is 3. The van der Waals surface area contributed by atoms with E-state index < -0.39 is 0 Å². The van der Waals surface area contributed by atoms with Gasteiger partial charge in [0.15, 0.2) is 6.29 Å². The van der Waals surface area contributed by atoms with Gasteiger partial charge in [-0.15, -0.1) is 0 Å². The fraction of sp³-hybridized carbons (Fsp3) is 0.636. The van der Waals surface area contributed by atoms with E-state index in [9.17, 15) is 4.79 Å². The van der Waals surface area contributed by atoms with Gasteiger partial charge in [0, 0.05) is 5.41 Å². The van der Waals surface area contributed by atoms with Crippen LogP contribution in [0.5, 0.6) is 5.88 Å². The molecule has 0 N–H and O–H groups in total. The number of carbonyl (C=O) groups is 1. The van der Waals surface area contributed by atoms with Gasteiger partial charge >= 0.3 is 0 Å². The Morgan fingerprint density at radius 2 is 2.40 bits per heavy atom. The van der Waals surface area contributed by atoms with Gasteiger partial charge in [0.05, 0.1) is 24.4 Å². The van der Waals surface area contributed by atoms with E-state index in [1.165, 1.54) is 12.8 Å². The minimum atomic E-state index is 0.337. The quantitative estimate of drug-likeness (QED) is 0.687. The Hall–Kier alpha value is -1.32. The molecular formula is C11H14N2O2. The van der Waals surface area contributed by atoms with Crippen molar-refractivity contribution in [3.63, 3.8) is 0 Å². The van der Waals surface area contributed by atoms with Gasteiger partial charge in [0.2, 0.25) is 5.88 Å². The van der Waals surface area contributed by atoms with E-state index in [-0.39, 0.29) is 0 Å². The van der Waals surface area contributed by atoms with Crippen LogP contribution in [0.15, 0.2) is 0 Å². The summed E-state index contributed by atoms with van der Waals surface area (Å²) >= 11 is 0. The molecule has 0 aromatic carbocycles. The van der Waals surface area contributed by atoms with Crippen LogP contribution < -0.4 is 4.74 Å². The van der Waals surface area contributed by atoms with E-state index in [0.29, 0.717) is 16.9 Å². The normalized spacial score (nSPS) is 20.9. The van der Waals surface area contributed by atoms with E-state index >= 15 is 0 Å². The number of aromatic nitrogens is 2. The first kappa shape index (κ1) is 8.95. The van der Waals surface area contributed by atoms with E-state index in [0.717, 1.165) is 31.6 Å². The number of fused-ring (bicyclic) bond motifs is 1. The lowest BCUT2D eigenvalue weighted by atomic mass is 10.1. The summed E-state index contributed by atoms with van der Waals surface area (Å²) in [6.45, 7) is 3.68. The summed E-state index contributed by atoms with van der Waals surface area (Å²) in [6.07, 6.45) is 4.10. The summed E-state index contributed by atoms with van der Waals surface area (Å²) in [4.78, 5) is 11.0. The van der Waals surface area contributed by atoms with Gasteiger partial charge in [0.1, 0.15) is 0 Å². The maximum Gasteiger partial charge on any atom is 0.222 e. The maximum atomic E-state index is 11.0. The maximum absolute atomic E-state index is 11.0. The molecule has 1 spiro atoms. The lowest BCUT2D eigenvalue weighted by molar-refractivity contribution is 0.110. The van der Waals surface area contributed by atoms with Gasteiger partial charge in [-0.05, 0) is 19.3 Å². The number of aryl methyl sites for hydroxylation is 1. The summed E-state index contributed by atoms with van der Waals surface area (Å²) in [7, 11) is 0. The van der Waals surface area contributed by atoms with Crippen molar-refractivity contribution in [3.8, 4) is 5.88 Å². The Balaban J connectivity index is 2.04. The standard InChI is InChI=1S/C11H14N2O2/c1-2-9-8(5-14)10-13(12-9)6-11(3-4-11)7-15-10/h5H,2-4,6-7H2,1H3. The topological polar surface area (TPSA) is 44.1 Å². The average molecular weight is 206 g/mol. The Morgan fingerprint density at radius 1 is 1.60 bits per heavy atom. The zero-order chi connectivity index (χ0) is 10.5. The van der Waals surface area contributed by atoms with Crippen LogP contribution in [0.1, 0.15) is 35.8 Å². The number of carbonyl (C=O) groups excluding carboxylic acids is 1. The Labute approximate surface area is 88.2 Å². The Kier molecular flexibility index (Phi) is 1.69. The van der Waals surface area contributed by atoms with Crippen molar-refractivity contribution in [2.24, 2.45) is 5.41 Å². The van der Waals surface area contributed by atoms with Crippen molar-refractivity contribution in [3.05, 3.63) is 11.3 Å². The predicted molar refractivity (Wildman–Crippen MR) is 54.2 cm³/mol. The minimum absolute atomic E-state index is 0.337. The largest absolute Gasteiger partial charge is 0.477 e. The molecule has 0 saturated heterocycles. The monoisotopic (exact) mass is 206 g/mol. The third kappa shape index (κ3) is 1.20. The predicted octanol–water partition coefficient (Wildman–Crippen LogP) is 1.43. The van der Waals surface area contributed by atoms with Crippen LogP contribution in [-0.4, -0.2) is 22.7 Å². The van der Waals surface area contributed by atoms with Crippen molar-refractivity contribution in [2.45, 2.75) is 32.7 Å². The van der Waals surface area contributed by atoms with Gasteiger partial charge in [-0.25, -0.2) is 4.68 Å². The molecule has 0 unspecified atom stereocenters. The first-order chi connectivity index (χ1) is 7.28. The number of rotatable bonds is 2. The van der Waals surface area contributed by atoms with Gasteiger partial charge in [-0.2, -0.15) is 5.10 Å². The zero-order valence-corrected chi connectivity index (χ0v) is 8.82. The van der Waals surface area contributed by atoms with Crippen LogP contribution in [0.2, 0.25) is 0 Å². The summed E-state index contributed by atoms with van der Waals surface area (Å²) in [5, 5.41) is 4.44. The summed E-state index contributed by atoms with van der Waals surface area (Å²) in [5.41, 5.74) is 1.84. The SMILES string of the molecule is CCc1nn2c(c1C=O)OCC1(CC1)C2. The molecule has 1 fully saturated rings. The van der Waals surface area contributed by atoms with Gasteiger partial charge in [-0.3, -0.25) is 4.79 Å². The first-order valence-corrected chi connectivity index (χ1v) is 5.46. The molecule has 2 heterocycles. The summed E-state index contributed by atoms with van der Waals surface area (Å²) < 4.78 is 7.55. The molecule has 1 aliphatic carbocycles. The molecule has 0 radical (unpaired) electrons. The smallest absolute Gasteiger partial charge is 0.222 e. The van der Waals surface area contributed by atoms with Gasteiger partial charge in [0.25, 0.3) is 0 Å². The van der Waals surface area contributed by atoms with Gasteiger partial charge < -0.3 is 4.74 Å². The van der Waals surface area contributed by atoms with Crippen LogP contribution in [0.25, 0.3) is 0 Å². The highest BCUT2D eigenvalue weighted by atomic mass is 16.5. The average Bonchev–Trinajstić information content (AvgIpc) is 2.90. The first-order valence-electron chi connectivity index (χ1n) is 5.46. The molecule has 1 aromatic rings. The van der Waals surface area contributed by atoms with Gasteiger partial charge in [-0.1, -0.05) is 6.92 Å². The van der Waals surface area contributed by atoms with E-state index in [2.05, 4.69) is 5.10 Å². The number of hydrogen-bond donors (Lipinski definition) is 0. The third-order valence-electron chi connectivity index (χ3n) is 3.43. The van der Waals surface area contributed by atoms with Crippen LogP contribution >= 0.6 is 0 Å². The van der Waals surface area contributed by atoms with E-state index in [1.807, 2.05) is 11.6 Å². The summed E-state index contributed by atoms with van der Waals surface area (Å²) in [6, 6.07) is 0. The number of ether oxygens (including phenoxy) is 1. The molecule has 2 aliphatic rings. The Bertz CT molecular complexity index is 418. The highest BCUT2D eigenvalue weighted by molar-refractivity contribution is 5.80. The molecule has 0 bridgehead atoms.